The highest BCUT2D eigenvalue weighted by Crippen LogP contribution is 2.49. The van der Waals surface area contributed by atoms with Gasteiger partial charge in [0, 0.05) is 0 Å². The fraction of sp³-hybridized carbons (Fsp3) is 1.00. The first kappa shape index (κ1) is 10.5. The molecule has 3 unspecified atom stereocenters. The van der Waals surface area contributed by atoms with Crippen molar-refractivity contribution in [2.75, 3.05) is 6.54 Å². The first-order valence-corrected chi connectivity index (χ1v) is 6.42. The van der Waals surface area contributed by atoms with E-state index in [2.05, 4.69) is 13.8 Å². The minimum Gasteiger partial charge on any atom is -0.330 e. The Balaban J connectivity index is 1.94. The molecule has 0 heterocycles. The summed E-state index contributed by atoms with van der Waals surface area (Å²) in [6.45, 7) is 5.71. The predicted molar refractivity (Wildman–Crippen MR) is 60.9 cm³/mol. The molecule has 1 heteroatoms. The van der Waals surface area contributed by atoms with Crippen LogP contribution < -0.4 is 5.73 Å². The molecule has 14 heavy (non-hydrogen) atoms. The second-order valence-electron chi connectivity index (χ2n) is 5.81. The lowest BCUT2D eigenvalue weighted by Gasteiger charge is -2.37. The molecule has 1 nitrogen and oxygen atoms in total. The Morgan fingerprint density at radius 1 is 1.14 bits per heavy atom. The van der Waals surface area contributed by atoms with Crippen molar-refractivity contribution in [2.45, 2.75) is 46.0 Å². The molecule has 0 saturated heterocycles. The zero-order valence-corrected chi connectivity index (χ0v) is 9.71. The van der Waals surface area contributed by atoms with Gasteiger partial charge in [-0.2, -0.15) is 0 Å². The van der Waals surface area contributed by atoms with Crippen LogP contribution in [-0.2, 0) is 0 Å². The first-order valence-electron chi connectivity index (χ1n) is 6.42. The molecule has 2 aliphatic carbocycles. The first-order chi connectivity index (χ1) is 6.72. The third kappa shape index (κ3) is 2.13. The van der Waals surface area contributed by atoms with Gasteiger partial charge in [0.25, 0.3) is 0 Å². The van der Waals surface area contributed by atoms with Gasteiger partial charge < -0.3 is 5.73 Å². The number of hydrogen-bond donors (Lipinski definition) is 1. The van der Waals surface area contributed by atoms with Gasteiger partial charge in [0.15, 0.2) is 0 Å². The van der Waals surface area contributed by atoms with Crippen molar-refractivity contribution in [3.05, 3.63) is 0 Å². The molecule has 82 valence electrons. The fourth-order valence-corrected chi connectivity index (χ4v) is 3.30. The van der Waals surface area contributed by atoms with E-state index in [0.717, 1.165) is 36.1 Å². The van der Waals surface area contributed by atoms with Crippen LogP contribution in [0.15, 0.2) is 0 Å². The zero-order chi connectivity index (χ0) is 10.1. The molecule has 2 fully saturated rings. The maximum absolute atomic E-state index is 5.88. The molecule has 2 aliphatic rings. The van der Waals surface area contributed by atoms with Crippen molar-refractivity contribution in [1.29, 1.82) is 0 Å². The monoisotopic (exact) mass is 195 g/mol. The van der Waals surface area contributed by atoms with E-state index in [9.17, 15) is 0 Å². The second-order valence-corrected chi connectivity index (χ2v) is 5.81. The molecule has 0 aromatic rings. The normalized spacial score (nSPS) is 39.0. The van der Waals surface area contributed by atoms with Crippen LogP contribution in [0.25, 0.3) is 0 Å². The summed E-state index contributed by atoms with van der Waals surface area (Å²) in [6, 6.07) is 0. The van der Waals surface area contributed by atoms with Crippen LogP contribution in [0.3, 0.4) is 0 Å². The van der Waals surface area contributed by atoms with E-state index in [-0.39, 0.29) is 0 Å². The fourth-order valence-electron chi connectivity index (χ4n) is 3.30. The van der Waals surface area contributed by atoms with Gasteiger partial charge >= 0.3 is 0 Å². The molecule has 0 amide bonds. The van der Waals surface area contributed by atoms with Gasteiger partial charge in [-0.3, -0.25) is 0 Å². The SMILES string of the molecule is CC(C)C1CCC(CN)C(C2CC2)C1. The summed E-state index contributed by atoms with van der Waals surface area (Å²) in [7, 11) is 0. The van der Waals surface area contributed by atoms with Crippen LogP contribution in [0.4, 0.5) is 0 Å². The van der Waals surface area contributed by atoms with Gasteiger partial charge in [-0.05, 0) is 68.2 Å². The Kier molecular flexibility index (Phi) is 3.16. The summed E-state index contributed by atoms with van der Waals surface area (Å²) < 4.78 is 0. The van der Waals surface area contributed by atoms with Crippen molar-refractivity contribution in [3.8, 4) is 0 Å². The highest BCUT2D eigenvalue weighted by molar-refractivity contribution is 4.91. The second kappa shape index (κ2) is 4.22. The van der Waals surface area contributed by atoms with Gasteiger partial charge in [0.2, 0.25) is 0 Å². The van der Waals surface area contributed by atoms with Crippen molar-refractivity contribution in [3.63, 3.8) is 0 Å². The van der Waals surface area contributed by atoms with Crippen LogP contribution >= 0.6 is 0 Å². The quantitative estimate of drug-likeness (QED) is 0.736. The smallest absolute Gasteiger partial charge is 0.00461 e. The summed E-state index contributed by atoms with van der Waals surface area (Å²) in [4.78, 5) is 0. The van der Waals surface area contributed by atoms with Gasteiger partial charge in [0.05, 0.1) is 0 Å². The summed E-state index contributed by atoms with van der Waals surface area (Å²) in [5.74, 6) is 4.78. The average Bonchev–Trinajstić information content (AvgIpc) is 3.00. The third-order valence-corrected chi connectivity index (χ3v) is 4.56. The molecule has 0 spiro atoms. The van der Waals surface area contributed by atoms with Crippen LogP contribution in [0, 0.1) is 29.6 Å². The standard InChI is InChI=1S/C13H25N/c1-9(2)11-5-6-12(8-14)13(7-11)10-3-4-10/h9-13H,3-8,14H2,1-2H3. The van der Waals surface area contributed by atoms with Crippen molar-refractivity contribution >= 4 is 0 Å². The van der Waals surface area contributed by atoms with E-state index in [4.69, 9.17) is 5.73 Å². The molecule has 0 bridgehead atoms. The molecule has 2 saturated carbocycles. The molecule has 3 atom stereocenters. The maximum Gasteiger partial charge on any atom is -0.00461 e. The Hall–Kier alpha value is -0.0400. The summed E-state index contributed by atoms with van der Waals surface area (Å²) in [5.41, 5.74) is 5.88. The lowest BCUT2D eigenvalue weighted by atomic mass is 9.69. The van der Waals surface area contributed by atoms with Gasteiger partial charge in [-0.25, -0.2) is 0 Å². The molecule has 0 aromatic carbocycles. The van der Waals surface area contributed by atoms with E-state index in [1.807, 2.05) is 0 Å². The van der Waals surface area contributed by atoms with Crippen LogP contribution in [0.5, 0.6) is 0 Å². The van der Waals surface area contributed by atoms with Crippen molar-refractivity contribution in [2.24, 2.45) is 35.3 Å². The highest BCUT2D eigenvalue weighted by Gasteiger charge is 2.40. The molecular formula is C13H25N. The molecule has 2 N–H and O–H groups in total. The van der Waals surface area contributed by atoms with Gasteiger partial charge in [-0.15, -0.1) is 0 Å². The minimum atomic E-state index is 0.859. The lowest BCUT2D eigenvalue weighted by Crippen LogP contribution is -2.33. The van der Waals surface area contributed by atoms with E-state index >= 15 is 0 Å². The molecule has 0 aliphatic heterocycles. The van der Waals surface area contributed by atoms with Crippen LogP contribution in [0.1, 0.15) is 46.0 Å². The third-order valence-electron chi connectivity index (χ3n) is 4.56. The maximum atomic E-state index is 5.88. The number of nitrogens with two attached hydrogens (primary N) is 1. The predicted octanol–water partition coefficient (Wildman–Crippen LogP) is 3.04. The van der Waals surface area contributed by atoms with Crippen molar-refractivity contribution in [1.82, 2.24) is 0 Å². The number of rotatable bonds is 3. The lowest BCUT2D eigenvalue weighted by molar-refractivity contribution is 0.135. The highest BCUT2D eigenvalue weighted by atomic mass is 14.6. The van der Waals surface area contributed by atoms with Crippen LogP contribution in [0.2, 0.25) is 0 Å². The Labute approximate surface area is 88.4 Å². The Bertz CT molecular complexity index is 184. The van der Waals surface area contributed by atoms with Crippen LogP contribution in [-0.4, -0.2) is 6.54 Å². The van der Waals surface area contributed by atoms with E-state index in [1.165, 1.54) is 32.1 Å². The summed E-state index contributed by atoms with van der Waals surface area (Å²) in [6.07, 6.45) is 7.30. The topological polar surface area (TPSA) is 26.0 Å². The summed E-state index contributed by atoms with van der Waals surface area (Å²) >= 11 is 0. The number of hydrogen-bond acceptors (Lipinski definition) is 1. The van der Waals surface area contributed by atoms with E-state index in [0.29, 0.717) is 0 Å². The molecule has 2 rings (SSSR count). The Morgan fingerprint density at radius 2 is 1.86 bits per heavy atom. The Morgan fingerprint density at radius 3 is 2.36 bits per heavy atom. The van der Waals surface area contributed by atoms with Gasteiger partial charge in [0.1, 0.15) is 0 Å². The average molecular weight is 195 g/mol. The van der Waals surface area contributed by atoms with E-state index in [1.54, 1.807) is 0 Å². The van der Waals surface area contributed by atoms with E-state index < -0.39 is 0 Å². The summed E-state index contributed by atoms with van der Waals surface area (Å²) in [5, 5.41) is 0. The molecule has 0 aromatic heterocycles. The van der Waals surface area contributed by atoms with Crippen molar-refractivity contribution < 1.29 is 0 Å². The zero-order valence-electron chi connectivity index (χ0n) is 9.71. The molecular weight excluding hydrogens is 170 g/mol. The molecule has 0 radical (unpaired) electrons. The minimum absolute atomic E-state index is 0.859. The van der Waals surface area contributed by atoms with Gasteiger partial charge in [-0.1, -0.05) is 13.8 Å². The largest absolute Gasteiger partial charge is 0.330 e.